The largest absolute Gasteiger partial charge is 0.493 e. The molecule has 6 nitrogen and oxygen atoms in total. The number of methoxy groups -OCH3 is 2. The predicted molar refractivity (Wildman–Crippen MR) is 77.7 cm³/mol. The molecule has 2 N–H and O–H groups in total. The summed E-state index contributed by atoms with van der Waals surface area (Å²) in [5.74, 6) is 1.13. The van der Waals surface area contributed by atoms with E-state index in [1.54, 1.807) is 6.07 Å². The van der Waals surface area contributed by atoms with Crippen LogP contribution in [0.5, 0.6) is 11.5 Å². The van der Waals surface area contributed by atoms with Crippen LogP contribution in [0.15, 0.2) is 12.1 Å². The van der Waals surface area contributed by atoms with E-state index in [2.05, 4.69) is 0 Å². The summed E-state index contributed by atoms with van der Waals surface area (Å²) in [6, 6.07) is 2.68. The number of nitrogens with zero attached hydrogens (tertiary/aromatic N) is 1. The lowest BCUT2D eigenvalue weighted by Gasteiger charge is -2.31. The molecule has 1 fully saturated rings. The molecule has 112 valence electrons. The second-order valence-electron chi connectivity index (χ2n) is 4.74. The normalized spacial score (nSPS) is 15.8. The molecule has 1 aromatic rings. The Balaban J connectivity index is 0.00000200. The van der Waals surface area contributed by atoms with Crippen LogP contribution >= 0.6 is 12.4 Å². The number of hydrogen-bond acceptors (Lipinski definition) is 5. The van der Waals surface area contributed by atoms with Crippen molar-refractivity contribution in [2.75, 3.05) is 14.2 Å². The van der Waals surface area contributed by atoms with Crippen LogP contribution < -0.4 is 15.2 Å². The van der Waals surface area contributed by atoms with Gasteiger partial charge in [0.25, 0.3) is 5.69 Å². The van der Waals surface area contributed by atoms with Crippen LogP contribution in [0, 0.1) is 16.0 Å². The molecule has 0 radical (unpaired) electrons. The van der Waals surface area contributed by atoms with Gasteiger partial charge in [-0.2, -0.15) is 0 Å². The fourth-order valence-corrected chi connectivity index (χ4v) is 2.36. The highest BCUT2D eigenvalue weighted by Gasteiger charge is 2.31. The predicted octanol–water partition coefficient (Wildman–Crippen LogP) is 2.83. The second kappa shape index (κ2) is 6.76. The summed E-state index contributed by atoms with van der Waals surface area (Å²) in [5, 5.41) is 11.2. The van der Waals surface area contributed by atoms with Crippen LogP contribution in [0.4, 0.5) is 5.69 Å². The van der Waals surface area contributed by atoms with Crippen LogP contribution in [0.2, 0.25) is 0 Å². The van der Waals surface area contributed by atoms with Gasteiger partial charge in [-0.15, -0.1) is 12.4 Å². The third-order valence-electron chi connectivity index (χ3n) is 3.75. The van der Waals surface area contributed by atoms with Gasteiger partial charge >= 0.3 is 0 Å². The number of benzene rings is 1. The smallest absolute Gasteiger partial charge is 0.278 e. The highest BCUT2D eigenvalue weighted by atomic mass is 35.5. The Bertz CT molecular complexity index is 492. The van der Waals surface area contributed by atoms with Crippen molar-refractivity contribution in [3.63, 3.8) is 0 Å². The highest BCUT2D eigenvalue weighted by Crippen LogP contribution is 2.43. The number of nitro groups is 1. The molecule has 1 aliphatic rings. The minimum atomic E-state index is -0.421. The molecule has 0 spiro atoms. The number of halogens is 1. The van der Waals surface area contributed by atoms with E-state index < -0.39 is 4.92 Å². The summed E-state index contributed by atoms with van der Waals surface area (Å²) >= 11 is 0. The van der Waals surface area contributed by atoms with E-state index in [1.807, 2.05) is 0 Å². The molecule has 0 amide bonds. The molecule has 1 aromatic carbocycles. The topological polar surface area (TPSA) is 87.6 Å². The lowest BCUT2D eigenvalue weighted by Crippen LogP contribution is -2.27. The van der Waals surface area contributed by atoms with Crippen LogP contribution in [-0.2, 0) is 0 Å². The minimum absolute atomic E-state index is 0. The van der Waals surface area contributed by atoms with Gasteiger partial charge in [-0.1, -0.05) is 6.42 Å². The first-order chi connectivity index (χ1) is 9.08. The van der Waals surface area contributed by atoms with E-state index in [4.69, 9.17) is 15.2 Å². The molecule has 1 atom stereocenters. The van der Waals surface area contributed by atoms with Crippen LogP contribution in [0.25, 0.3) is 0 Å². The summed E-state index contributed by atoms with van der Waals surface area (Å²) in [6.45, 7) is 0. The van der Waals surface area contributed by atoms with Crippen LogP contribution in [0.3, 0.4) is 0 Å². The van der Waals surface area contributed by atoms with E-state index in [0.717, 1.165) is 19.3 Å². The first-order valence-electron chi connectivity index (χ1n) is 6.24. The SMILES string of the molecule is COc1cc([C@H](N)C2CCC2)c([N+](=O)[O-])cc1OC.Cl. The molecule has 0 saturated heterocycles. The van der Waals surface area contributed by atoms with E-state index in [1.165, 1.54) is 20.3 Å². The van der Waals surface area contributed by atoms with Crippen molar-refractivity contribution in [3.8, 4) is 11.5 Å². The van der Waals surface area contributed by atoms with Gasteiger partial charge in [0.05, 0.1) is 30.8 Å². The number of nitrogens with two attached hydrogens (primary N) is 1. The summed E-state index contributed by atoms with van der Waals surface area (Å²) in [6.07, 6.45) is 3.18. The molecule has 0 unspecified atom stereocenters. The Kier molecular flexibility index (Phi) is 5.59. The third-order valence-corrected chi connectivity index (χ3v) is 3.75. The highest BCUT2D eigenvalue weighted by molar-refractivity contribution is 5.85. The van der Waals surface area contributed by atoms with Crippen molar-refractivity contribution in [1.29, 1.82) is 0 Å². The van der Waals surface area contributed by atoms with Gasteiger partial charge in [0.15, 0.2) is 11.5 Å². The van der Waals surface area contributed by atoms with Gasteiger partial charge in [0.1, 0.15) is 0 Å². The minimum Gasteiger partial charge on any atom is -0.493 e. The molecule has 20 heavy (non-hydrogen) atoms. The molecule has 0 aromatic heterocycles. The summed E-state index contributed by atoms with van der Waals surface area (Å²) < 4.78 is 10.3. The first kappa shape index (κ1) is 16.5. The number of rotatable bonds is 5. The maximum absolute atomic E-state index is 11.2. The second-order valence-corrected chi connectivity index (χ2v) is 4.74. The van der Waals surface area contributed by atoms with Crippen molar-refractivity contribution < 1.29 is 14.4 Å². The quantitative estimate of drug-likeness (QED) is 0.667. The van der Waals surface area contributed by atoms with Gasteiger partial charge in [0.2, 0.25) is 0 Å². The zero-order valence-electron chi connectivity index (χ0n) is 11.5. The Hall–Kier alpha value is -1.53. The third kappa shape index (κ3) is 2.96. The van der Waals surface area contributed by atoms with Gasteiger partial charge in [0, 0.05) is 6.04 Å². The molecule has 0 aliphatic heterocycles. The molecule has 1 aliphatic carbocycles. The van der Waals surface area contributed by atoms with Gasteiger partial charge < -0.3 is 15.2 Å². The Morgan fingerprint density at radius 1 is 1.30 bits per heavy atom. The monoisotopic (exact) mass is 302 g/mol. The number of nitro benzene ring substituents is 1. The van der Waals surface area contributed by atoms with E-state index in [0.29, 0.717) is 23.0 Å². The maximum Gasteiger partial charge on any atom is 0.278 e. The van der Waals surface area contributed by atoms with E-state index in [9.17, 15) is 10.1 Å². The van der Waals surface area contributed by atoms with Gasteiger partial charge in [-0.3, -0.25) is 10.1 Å². The van der Waals surface area contributed by atoms with Crippen LogP contribution in [0.1, 0.15) is 30.9 Å². The first-order valence-corrected chi connectivity index (χ1v) is 6.24. The van der Waals surface area contributed by atoms with Crippen LogP contribution in [-0.4, -0.2) is 19.1 Å². The maximum atomic E-state index is 11.2. The Morgan fingerprint density at radius 3 is 2.25 bits per heavy atom. The summed E-state index contributed by atoms with van der Waals surface area (Å²) in [4.78, 5) is 10.8. The van der Waals surface area contributed by atoms with Crippen molar-refractivity contribution in [1.82, 2.24) is 0 Å². The van der Waals surface area contributed by atoms with Gasteiger partial charge in [-0.25, -0.2) is 0 Å². The summed E-state index contributed by atoms with van der Waals surface area (Å²) in [5.41, 5.74) is 6.67. The average molecular weight is 303 g/mol. The average Bonchev–Trinajstić information content (AvgIpc) is 2.34. The lowest BCUT2D eigenvalue weighted by molar-refractivity contribution is -0.385. The molecular weight excluding hydrogens is 284 g/mol. The Labute approximate surface area is 123 Å². The molecule has 7 heteroatoms. The van der Waals surface area contributed by atoms with E-state index in [-0.39, 0.29) is 24.1 Å². The number of ether oxygens (including phenoxy) is 2. The molecular formula is C13H19ClN2O4. The lowest BCUT2D eigenvalue weighted by atomic mass is 9.77. The van der Waals surface area contributed by atoms with Crippen molar-refractivity contribution in [2.24, 2.45) is 11.7 Å². The van der Waals surface area contributed by atoms with Crippen molar-refractivity contribution >= 4 is 18.1 Å². The zero-order chi connectivity index (χ0) is 14.0. The summed E-state index contributed by atoms with van der Waals surface area (Å²) in [7, 11) is 2.95. The Morgan fingerprint density at radius 2 is 1.85 bits per heavy atom. The fraction of sp³-hybridized carbons (Fsp3) is 0.538. The molecule has 0 bridgehead atoms. The van der Waals surface area contributed by atoms with Gasteiger partial charge in [-0.05, 0) is 24.8 Å². The molecule has 1 saturated carbocycles. The fourth-order valence-electron chi connectivity index (χ4n) is 2.36. The molecule has 0 heterocycles. The van der Waals surface area contributed by atoms with Crippen molar-refractivity contribution in [3.05, 3.63) is 27.8 Å². The van der Waals surface area contributed by atoms with E-state index >= 15 is 0 Å². The molecule has 2 rings (SSSR count). The number of hydrogen-bond donors (Lipinski definition) is 1. The zero-order valence-corrected chi connectivity index (χ0v) is 12.3. The van der Waals surface area contributed by atoms with Crippen molar-refractivity contribution in [2.45, 2.75) is 25.3 Å². The standard InChI is InChI=1S/C13H18N2O4.ClH/c1-18-11-6-9(13(14)8-4-3-5-8)10(15(16)17)7-12(11)19-2;/h6-8,13H,3-5,14H2,1-2H3;1H/t13-;/m1./s1.